The van der Waals surface area contributed by atoms with Crippen LogP contribution < -0.4 is 9.80 Å². The fourth-order valence-corrected chi connectivity index (χ4v) is 12.9. The second-order valence-electron chi connectivity index (χ2n) is 18.8. The van der Waals surface area contributed by atoms with Crippen molar-refractivity contribution in [2.45, 2.75) is 76.9 Å². The molecule has 11 rings (SSSR count). The first-order chi connectivity index (χ1) is 29.5. The van der Waals surface area contributed by atoms with Crippen molar-refractivity contribution in [3.8, 4) is 10.8 Å². The van der Waals surface area contributed by atoms with E-state index in [9.17, 15) is 10.2 Å². The van der Waals surface area contributed by atoms with E-state index in [0.717, 1.165) is 99.4 Å². The van der Waals surface area contributed by atoms with Crippen molar-refractivity contribution in [1.82, 2.24) is 19.7 Å². The van der Waals surface area contributed by atoms with Gasteiger partial charge in [0.1, 0.15) is 22.6 Å². The van der Waals surface area contributed by atoms with Crippen LogP contribution in [0.3, 0.4) is 0 Å². The van der Waals surface area contributed by atoms with Crippen molar-refractivity contribution < 1.29 is 10.2 Å². The summed E-state index contributed by atoms with van der Waals surface area (Å²) >= 11 is 1.80. The molecule has 61 heavy (non-hydrogen) atoms. The molecule has 5 heterocycles. The number of hydrogen-bond acceptors (Lipinski definition) is 9. The Morgan fingerprint density at radius 2 is 1.49 bits per heavy atom. The standard InChI is InChI=1S/C51H55N7O2S/c1-32-34(3)61-49-45(32)47(52-33(2)48-54-53-35(4)58(48)49)38-12-17-41(18-13-38)57-29-50(30-57)27-51(60,28-50)31-55-22-24-56(25-23-55)40-15-10-37(11-16-40)46-43(36-8-6-5-7-9-36)20-14-39-26-42(59)19-21-44(39)46/h5-13,15-19,21,26,33,43,46,59-60H,14,20,22-25,27-31H2,1-4H3/t33-,43+,46-/m0/s1. The number of phenolic OH excluding ortho intramolecular Hbond substituents is 1. The minimum atomic E-state index is -0.605. The molecule has 6 aromatic rings. The average molecular weight is 830 g/mol. The number of aliphatic hydroxyl groups is 1. The third-order valence-electron chi connectivity index (χ3n) is 14.6. The van der Waals surface area contributed by atoms with Crippen LogP contribution in [0, 0.1) is 26.2 Å². The van der Waals surface area contributed by atoms with E-state index in [1.807, 2.05) is 19.1 Å². The van der Waals surface area contributed by atoms with Gasteiger partial charge >= 0.3 is 0 Å². The number of hydrogen-bond donors (Lipinski definition) is 2. The lowest BCUT2D eigenvalue weighted by Gasteiger charge is -2.63. The molecular weight excluding hydrogens is 775 g/mol. The van der Waals surface area contributed by atoms with Crippen molar-refractivity contribution >= 4 is 28.4 Å². The first kappa shape index (κ1) is 38.6. The molecule has 2 aliphatic carbocycles. The summed E-state index contributed by atoms with van der Waals surface area (Å²) in [7, 11) is 0. The minimum absolute atomic E-state index is 0.0950. The van der Waals surface area contributed by atoms with Crippen LogP contribution in [0.15, 0.2) is 102 Å². The highest BCUT2D eigenvalue weighted by Gasteiger charge is 2.59. The number of aromatic hydroxyl groups is 1. The Morgan fingerprint density at radius 1 is 0.787 bits per heavy atom. The number of piperazine rings is 1. The molecule has 2 N–H and O–H groups in total. The largest absolute Gasteiger partial charge is 0.508 e. The summed E-state index contributed by atoms with van der Waals surface area (Å²) in [5.74, 6) is 2.79. The molecule has 3 atom stereocenters. The highest BCUT2D eigenvalue weighted by Crippen LogP contribution is 2.55. The quantitative estimate of drug-likeness (QED) is 0.166. The van der Waals surface area contributed by atoms with Crippen LogP contribution in [0.4, 0.5) is 11.4 Å². The lowest BCUT2D eigenvalue weighted by molar-refractivity contribution is -0.152. The van der Waals surface area contributed by atoms with Crippen molar-refractivity contribution in [3.63, 3.8) is 0 Å². The van der Waals surface area contributed by atoms with Crippen LogP contribution in [-0.2, 0) is 6.42 Å². The van der Waals surface area contributed by atoms with Gasteiger partial charge in [0.15, 0.2) is 5.82 Å². The highest BCUT2D eigenvalue weighted by molar-refractivity contribution is 7.15. The summed E-state index contributed by atoms with van der Waals surface area (Å²) in [6.45, 7) is 15.1. The molecule has 5 aliphatic rings. The third-order valence-corrected chi connectivity index (χ3v) is 15.8. The molecule has 2 saturated heterocycles. The van der Waals surface area contributed by atoms with Gasteiger partial charge in [-0.1, -0.05) is 60.7 Å². The third kappa shape index (κ3) is 6.69. The molecule has 1 spiro atoms. The molecule has 9 nitrogen and oxygen atoms in total. The van der Waals surface area contributed by atoms with Crippen LogP contribution in [0.2, 0.25) is 0 Å². The first-order valence-electron chi connectivity index (χ1n) is 22.2. The van der Waals surface area contributed by atoms with Crippen molar-refractivity contribution in [2.75, 3.05) is 55.6 Å². The Balaban J connectivity index is 0.697. The van der Waals surface area contributed by atoms with Gasteiger partial charge < -0.3 is 20.0 Å². The number of rotatable bonds is 7. The van der Waals surface area contributed by atoms with Crippen LogP contribution in [-0.4, -0.2) is 87.0 Å². The number of aromatic nitrogens is 3. The van der Waals surface area contributed by atoms with E-state index in [0.29, 0.717) is 11.7 Å². The SMILES string of the molecule is Cc1sc2c(c1C)C(c1ccc(N3CC4(C3)CC(O)(CN3CCN(c5ccc([C@@H]6c7ccc(O)cc7CC[C@@H]6c6ccccc6)cc5)CC3)C4)cc1)=N[C@@H](C)c1nnc(C)n1-2. The summed E-state index contributed by atoms with van der Waals surface area (Å²) in [6.07, 6.45) is 3.80. The van der Waals surface area contributed by atoms with Gasteiger partial charge in [0.2, 0.25) is 0 Å². The van der Waals surface area contributed by atoms with Crippen molar-refractivity contribution in [2.24, 2.45) is 10.4 Å². The molecule has 4 aromatic carbocycles. The van der Waals surface area contributed by atoms with Crippen molar-refractivity contribution in [1.29, 1.82) is 0 Å². The molecule has 312 valence electrons. The Labute approximate surface area is 363 Å². The van der Waals surface area contributed by atoms with E-state index >= 15 is 0 Å². The lowest BCUT2D eigenvalue weighted by Crippen LogP contribution is -2.70. The number of benzene rings is 4. The van der Waals surface area contributed by atoms with E-state index in [1.165, 1.54) is 49.6 Å². The molecule has 0 unspecified atom stereocenters. The number of aliphatic imine (C=N–C) groups is 1. The van der Waals surface area contributed by atoms with E-state index < -0.39 is 5.60 Å². The maximum absolute atomic E-state index is 11.7. The second kappa shape index (κ2) is 14.7. The van der Waals surface area contributed by atoms with E-state index in [4.69, 9.17) is 4.99 Å². The van der Waals surface area contributed by atoms with Gasteiger partial charge in [-0.2, -0.15) is 0 Å². The zero-order chi connectivity index (χ0) is 41.6. The number of fused-ring (bicyclic) bond motifs is 4. The number of nitrogens with zero attached hydrogens (tertiary/aromatic N) is 7. The fraction of sp³-hybridized carbons (Fsp3) is 0.392. The van der Waals surface area contributed by atoms with Crippen LogP contribution >= 0.6 is 11.3 Å². The molecule has 10 heteroatoms. The van der Waals surface area contributed by atoms with Gasteiger partial charge in [0.05, 0.1) is 11.3 Å². The predicted octanol–water partition coefficient (Wildman–Crippen LogP) is 8.89. The van der Waals surface area contributed by atoms with Gasteiger partial charge in [0, 0.05) is 84.5 Å². The Morgan fingerprint density at radius 3 is 2.23 bits per heavy atom. The molecule has 3 aliphatic heterocycles. The topological polar surface area (TPSA) is 93.2 Å². The maximum Gasteiger partial charge on any atom is 0.162 e. The molecule has 0 amide bonds. The summed E-state index contributed by atoms with van der Waals surface area (Å²) in [5.41, 5.74) is 12.1. The molecule has 3 fully saturated rings. The molecule has 1 saturated carbocycles. The number of thiophene rings is 1. The molecule has 0 bridgehead atoms. The van der Waals surface area contributed by atoms with Crippen LogP contribution in [0.25, 0.3) is 5.00 Å². The minimum Gasteiger partial charge on any atom is -0.508 e. The monoisotopic (exact) mass is 829 g/mol. The molecule has 0 radical (unpaired) electrons. The fourth-order valence-electron chi connectivity index (χ4n) is 11.7. The van der Waals surface area contributed by atoms with Gasteiger partial charge in [-0.3, -0.25) is 14.5 Å². The number of anilines is 2. The lowest BCUT2D eigenvalue weighted by atomic mass is 9.55. The number of β-amino-alcohol motifs (C(OH)–C–C–N with tert-alkyl or cyclic N) is 1. The predicted molar refractivity (Wildman–Crippen MR) is 245 cm³/mol. The van der Waals surface area contributed by atoms with E-state index in [2.05, 4.69) is 135 Å². The Bertz CT molecular complexity index is 2630. The van der Waals surface area contributed by atoms with Gasteiger partial charge in [-0.15, -0.1) is 21.5 Å². The average Bonchev–Trinajstić information content (AvgIpc) is 3.74. The molecule has 2 aromatic heterocycles. The highest BCUT2D eigenvalue weighted by atomic mass is 32.1. The van der Waals surface area contributed by atoms with E-state index in [-0.39, 0.29) is 17.4 Å². The zero-order valence-corrected chi connectivity index (χ0v) is 36.5. The van der Waals surface area contributed by atoms with Crippen LogP contribution in [0.5, 0.6) is 5.75 Å². The first-order valence-corrected chi connectivity index (χ1v) is 23.0. The second-order valence-corrected chi connectivity index (χ2v) is 20.0. The van der Waals surface area contributed by atoms with Crippen molar-refractivity contribution in [3.05, 3.63) is 153 Å². The Hall–Kier alpha value is -5.29. The smallest absolute Gasteiger partial charge is 0.162 e. The summed E-state index contributed by atoms with van der Waals surface area (Å²) in [6, 6.07) is 35.0. The van der Waals surface area contributed by atoms with Crippen LogP contribution in [0.1, 0.15) is 99.5 Å². The number of aryl methyl sites for hydroxylation is 3. The van der Waals surface area contributed by atoms with E-state index in [1.54, 1.807) is 11.3 Å². The maximum atomic E-state index is 11.7. The van der Waals surface area contributed by atoms with Gasteiger partial charge in [-0.25, -0.2) is 0 Å². The summed E-state index contributed by atoms with van der Waals surface area (Å²) < 4.78 is 2.20. The summed E-state index contributed by atoms with van der Waals surface area (Å²) in [4.78, 5) is 14.0. The van der Waals surface area contributed by atoms with Gasteiger partial charge in [0.25, 0.3) is 0 Å². The normalized spacial score (nSPS) is 22.7. The number of phenols is 1. The molecular formula is C51H55N7O2S. The summed E-state index contributed by atoms with van der Waals surface area (Å²) in [5, 5.41) is 32.1. The zero-order valence-electron chi connectivity index (χ0n) is 35.7. The Kier molecular flexibility index (Phi) is 9.29. The van der Waals surface area contributed by atoms with Gasteiger partial charge in [-0.05, 0) is 124 Å².